The maximum atomic E-state index is 12.5. The van der Waals surface area contributed by atoms with Crippen LogP contribution >= 0.6 is 0 Å². The number of fused-ring (bicyclic) bond motifs is 2. The van der Waals surface area contributed by atoms with Crippen LogP contribution in [0.2, 0.25) is 0 Å². The first-order valence-electron chi connectivity index (χ1n) is 14.5. The number of likely N-dealkylation sites (tertiary alicyclic amines) is 1. The fourth-order valence-electron chi connectivity index (χ4n) is 6.13. The molecule has 1 saturated carbocycles. The van der Waals surface area contributed by atoms with Crippen molar-refractivity contribution in [3.8, 4) is 5.75 Å². The first kappa shape index (κ1) is 24.5. The zero-order chi connectivity index (χ0) is 25.0. The summed E-state index contributed by atoms with van der Waals surface area (Å²) in [6, 6.07) is 12.3. The number of hydrogen-bond acceptors (Lipinski definition) is 4. The number of amides is 1. The van der Waals surface area contributed by atoms with E-state index in [1.807, 2.05) is 24.3 Å². The van der Waals surface area contributed by atoms with E-state index in [0.717, 1.165) is 62.5 Å². The van der Waals surface area contributed by atoms with Gasteiger partial charge in [0.25, 0.3) is 5.91 Å². The van der Waals surface area contributed by atoms with E-state index in [4.69, 9.17) is 9.15 Å². The van der Waals surface area contributed by atoms with E-state index in [1.54, 1.807) is 6.26 Å². The summed E-state index contributed by atoms with van der Waals surface area (Å²) in [7, 11) is 0. The smallest absolute Gasteiger partial charge is 0.251 e. The molecule has 1 aromatic heterocycles. The van der Waals surface area contributed by atoms with Crippen LogP contribution in [0.3, 0.4) is 0 Å². The zero-order valence-electron chi connectivity index (χ0n) is 22.0. The molecule has 1 saturated heterocycles. The number of rotatable bonds is 10. The SMILES string of the molecule is O=C(NCCCCN1CCC(c2ccc3c(c2OCC2CC2)CCCC3)CC1)c1ccc2occc2c1. The third-order valence-corrected chi connectivity index (χ3v) is 8.60. The van der Waals surface area contributed by atoms with Crippen LogP contribution in [0.5, 0.6) is 5.75 Å². The Morgan fingerprint density at radius 1 is 1.00 bits per heavy atom. The summed E-state index contributed by atoms with van der Waals surface area (Å²) in [5.74, 6) is 2.67. The minimum absolute atomic E-state index is 0.00586. The molecule has 0 bridgehead atoms. The zero-order valence-corrected chi connectivity index (χ0v) is 22.0. The minimum Gasteiger partial charge on any atom is -0.493 e. The van der Waals surface area contributed by atoms with Crippen molar-refractivity contribution in [1.82, 2.24) is 10.2 Å². The molecule has 5 nitrogen and oxygen atoms in total. The monoisotopic (exact) mass is 500 g/mol. The number of aryl methyl sites for hydroxylation is 1. The molecule has 1 amide bonds. The summed E-state index contributed by atoms with van der Waals surface area (Å²) in [5, 5.41) is 4.04. The van der Waals surface area contributed by atoms with E-state index >= 15 is 0 Å². The number of unbranched alkanes of at least 4 members (excludes halogenated alkanes) is 1. The van der Waals surface area contributed by atoms with Crippen LogP contribution in [0.4, 0.5) is 0 Å². The highest BCUT2D eigenvalue weighted by atomic mass is 16.5. The Bertz CT molecular complexity index is 1220. The Hall–Kier alpha value is -2.79. The molecular formula is C32H40N2O3. The van der Waals surface area contributed by atoms with Gasteiger partial charge < -0.3 is 19.4 Å². The van der Waals surface area contributed by atoms with E-state index in [0.29, 0.717) is 11.5 Å². The lowest BCUT2D eigenvalue weighted by atomic mass is 9.83. The molecule has 1 aliphatic heterocycles. The Labute approximate surface area is 220 Å². The predicted octanol–water partition coefficient (Wildman–Crippen LogP) is 6.49. The number of hydrogen-bond donors (Lipinski definition) is 1. The molecule has 0 spiro atoms. The van der Waals surface area contributed by atoms with Crippen LogP contribution in [0.1, 0.15) is 84.3 Å². The largest absolute Gasteiger partial charge is 0.493 e. The summed E-state index contributed by atoms with van der Waals surface area (Å²) in [4.78, 5) is 15.1. The van der Waals surface area contributed by atoms with E-state index in [2.05, 4.69) is 22.3 Å². The molecule has 0 atom stereocenters. The van der Waals surface area contributed by atoms with Crippen LogP contribution in [-0.4, -0.2) is 43.6 Å². The highest BCUT2D eigenvalue weighted by molar-refractivity contribution is 5.97. The predicted molar refractivity (Wildman–Crippen MR) is 147 cm³/mol. The normalized spacial score (nSPS) is 18.6. The van der Waals surface area contributed by atoms with E-state index in [9.17, 15) is 4.79 Å². The summed E-state index contributed by atoms with van der Waals surface area (Å²) in [6.07, 6.45) is 13.9. The molecule has 3 aliphatic rings. The summed E-state index contributed by atoms with van der Waals surface area (Å²) < 4.78 is 11.9. The summed E-state index contributed by atoms with van der Waals surface area (Å²) in [6.45, 7) is 5.05. The summed E-state index contributed by atoms with van der Waals surface area (Å²) in [5.41, 5.74) is 6.05. The average molecular weight is 501 g/mol. The molecule has 5 heteroatoms. The fourth-order valence-corrected chi connectivity index (χ4v) is 6.13. The quantitative estimate of drug-likeness (QED) is 0.323. The number of furan rings is 1. The molecule has 37 heavy (non-hydrogen) atoms. The van der Waals surface area contributed by atoms with Gasteiger partial charge in [-0.1, -0.05) is 12.1 Å². The topological polar surface area (TPSA) is 54.7 Å². The first-order valence-corrected chi connectivity index (χ1v) is 14.5. The molecule has 2 aliphatic carbocycles. The van der Waals surface area contributed by atoms with Crippen molar-refractivity contribution in [3.05, 3.63) is 64.9 Å². The number of nitrogens with one attached hydrogen (secondary N) is 1. The Balaban J connectivity index is 0.957. The second-order valence-corrected chi connectivity index (χ2v) is 11.3. The Morgan fingerprint density at radius 2 is 1.86 bits per heavy atom. The van der Waals surface area contributed by atoms with Crippen LogP contribution in [0.15, 0.2) is 47.1 Å². The lowest BCUT2D eigenvalue weighted by Crippen LogP contribution is -2.34. The van der Waals surface area contributed by atoms with Gasteiger partial charge in [-0.25, -0.2) is 0 Å². The lowest BCUT2D eigenvalue weighted by Gasteiger charge is -2.34. The van der Waals surface area contributed by atoms with E-state index < -0.39 is 0 Å². The highest BCUT2D eigenvalue weighted by Crippen LogP contribution is 2.41. The number of carbonyl (C=O) groups is 1. The number of nitrogens with zero attached hydrogens (tertiary/aromatic N) is 1. The standard InChI is InChI=1S/C32H40N2O3/c35-32(27-10-12-30-26(21-27)15-20-36-30)33-16-3-4-17-34-18-13-25(14-19-34)29-11-9-24-5-1-2-6-28(24)31(29)37-22-23-7-8-23/h9-12,15,20-21,23,25H,1-8,13-14,16-19,22H2,(H,33,35). The molecular weight excluding hydrogens is 460 g/mol. The molecule has 2 fully saturated rings. The Morgan fingerprint density at radius 3 is 2.73 bits per heavy atom. The lowest BCUT2D eigenvalue weighted by molar-refractivity contribution is 0.0952. The van der Waals surface area contributed by atoms with Gasteiger partial charge in [-0.15, -0.1) is 0 Å². The van der Waals surface area contributed by atoms with Crippen molar-refractivity contribution in [1.29, 1.82) is 0 Å². The van der Waals surface area contributed by atoms with Crippen molar-refractivity contribution >= 4 is 16.9 Å². The van der Waals surface area contributed by atoms with Crippen molar-refractivity contribution < 1.29 is 13.9 Å². The highest BCUT2D eigenvalue weighted by Gasteiger charge is 2.28. The van der Waals surface area contributed by atoms with Gasteiger partial charge in [-0.05, 0) is 137 Å². The van der Waals surface area contributed by atoms with Gasteiger partial charge in [0.2, 0.25) is 0 Å². The maximum absolute atomic E-state index is 12.5. The second-order valence-electron chi connectivity index (χ2n) is 11.3. The van der Waals surface area contributed by atoms with Gasteiger partial charge in [-0.3, -0.25) is 4.79 Å². The Kier molecular flexibility index (Phi) is 7.50. The van der Waals surface area contributed by atoms with Crippen LogP contribution in [0, 0.1) is 5.92 Å². The molecule has 0 radical (unpaired) electrons. The van der Waals surface area contributed by atoms with E-state index in [-0.39, 0.29) is 5.91 Å². The average Bonchev–Trinajstić information content (AvgIpc) is 3.65. The van der Waals surface area contributed by atoms with Gasteiger partial charge in [0, 0.05) is 17.5 Å². The van der Waals surface area contributed by atoms with Gasteiger partial charge in [0.15, 0.2) is 0 Å². The van der Waals surface area contributed by atoms with Crippen molar-refractivity contribution in [2.45, 2.75) is 70.1 Å². The second kappa shape index (κ2) is 11.3. The molecule has 2 aromatic carbocycles. The van der Waals surface area contributed by atoms with Crippen molar-refractivity contribution in [2.75, 3.05) is 32.8 Å². The first-order chi connectivity index (χ1) is 18.2. The summed E-state index contributed by atoms with van der Waals surface area (Å²) >= 11 is 0. The maximum Gasteiger partial charge on any atom is 0.251 e. The van der Waals surface area contributed by atoms with Gasteiger partial charge >= 0.3 is 0 Å². The molecule has 2 heterocycles. The van der Waals surface area contributed by atoms with Gasteiger partial charge in [-0.2, -0.15) is 0 Å². The minimum atomic E-state index is -0.00586. The number of ether oxygens (including phenoxy) is 1. The fraction of sp³-hybridized carbons (Fsp3) is 0.531. The molecule has 196 valence electrons. The number of piperidine rings is 1. The van der Waals surface area contributed by atoms with Crippen LogP contribution in [-0.2, 0) is 12.8 Å². The molecule has 3 aromatic rings. The van der Waals surface area contributed by atoms with E-state index in [1.165, 1.54) is 73.8 Å². The molecule has 0 unspecified atom stereocenters. The third kappa shape index (κ3) is 5.87. The van der Waals surface area contributed by atoms with Crippen molar-refractivity contribution in [3.63, 3.8) is 0 Å². The number of carbonyl (C=O) groups excluding carboxylic acids is 1. The van der Waals surface area contributed by atoms with Crippen LogP contribution < -0.4 is 10.1 Å². The van der Waals surface area contributed by atoms with Gasteiger partial charge in [0.1, 0.15) is 11.3 Å². The van der Waals surface area contributed by atoms with Crippen LogP contribution in [0.25, 0.3) is 11.0 Å². The molecule has 1 N–H and O–H groups in total. The number of benzene rings is 2. The third-order valence-electron chi connectivity index (χ3n) is 8.60. The van der Waals surface area contributed by atoms with Crippen molar-refractivity contribution in [2.24, 2.45) is 5.92 Å². The van der Waals surface area contributed by atoms with Gasteiger partial charge in [0.05, 0.1) is 12.9 Å². The molecule has 6 rings (SSSR count).